The highest BCUT2D eigenvalue weighted by Crippen LogP contribution is 2.46. The number of carboxylic acid groups (broad SMARTS) is 1. The van der Waals surface area contributed by atoms with Crippen molar-refractivity contribution in [2.45, 2.75) is 30.6 Å². The van der Waals surface area contributed by atoms with Crippen molar-refractivity contribution in [1.29, 1.82) is 0 Å². The SMILES string of the molecule is CSC1(CNCc2ccccc2CC(=O)O)CC1. The van der Waals surface area contributed by atoms with Gasteiger partial charge in [-0.1, -0.05) is 24.3 Å². The van der Waals surface area contributed by atoms with E-state index in [0.717, 1.165) is 24.2 Å². The Morgan fingerprint density at radius 3 is 2.61 bits per heavy atom. The predicted molar refractivity (Wildman–Crippen MR) is 75.0 cm³/mol. The summed E-state index contributed by atoms with van der Waals surface area (Å²) in [6, 6.07) is 7.76. The highest BCUT2D eigenvalue weighted by Gasteiger charge is 2.41. The summed E-state index contributed by atoms with van der Waals surface area (Å²) in [6.45, 7) is 1.77. The van der Waals surface area contributed by atoms with Gasteiger partial charge in [0.15, 0.2) is 0 Å². The predicted octanol–water partition coefficient (Wildman–Crippen LogP) is 2.30. The van der Waals surface area contributed by atoms with Gasteiger partial charge in [0.1, 0.15) is 0 Å². The van der Waals surface area contributed by atoms with Crippen LogP contribution < -0.4 is 5.32 Å². The van der Waals surface area contributed by atoms with Gasteiger partial charge in [-0.2, -0.15) is 11.8 Å². The molecule has 1 aromatic rings. The Hall–Kier alpha value is -1.00. The standard InChI is InChI=1S/C14H19NO2S/c1-18-14(6-7-14)10-15-9-12-5-3-2-4-11(12)8-13(16)17/h2-5,15H,6-10H2,1H3,(H,16,17). The van der Waals surface area contributed by atoms with E-state index in [4.69, 9.17) is 5.11 Å². The van der Waals surface area contributed by atoms with E-state index in [-0.39, 0.29) is 6.42 Å². The van der Waals surface area contributed by atoms with Gasteiger partial charge in [0.25, 0.3) is 0 Å². The first-order valence-electron chi connectivity index (χ1n) is 6.20. The molecule has 0 saturated heterocycles. The van der Waals surface area contributed by atoms with Crippen molar-refractivity contribution in [1.82, 2.24) is 5.32 Å². The van der Waals surface area contributed by atoms with Crippen LogP contribution in [0.2, 0.25) is 0 Å². The van der Waals surface area contributed by atoms with Gasteiger partial charge >= 0.3 is 5.97 Å². The molecule has 0 atom stereocenters. The molecule has 0 unspecified atom stereocenters. The van der Waals surface area contributed by atoms with Gasteiger partial charge < -0.3 is 10.4 Å². The van der Waals surface area contributed by atoms with Gasteiger partial charge in [-0.25, -0.2) is 0 Å². The van der Waals surface area contributed by atoms with E-state index in [1.54, 1.807) is 0 Å². The highest BCUT2D eigenvalue weighted by atomic mass is 32.2. The first kappa shape index (κ1) is 13.4. The maximum Gasteiger partial charge on any atom is 0.307 e. The number of thioether (sulfide) groups is 1. The molecule has 0 bridgehead atoms. The second-order valence-electron chi connectivity index (χ2n) is 4.83. The summed E-state index contributed by atoms with van der Waals surface area (Å²) in [5.74, 6) is -0.773. The van der Waals surface area contributed by atoms with Crippen LogP contribution in [0.15, 0.2) is 24.3 Å². The third-order valence-electron chi connectivity index (χ3n) is 3.46. The second-order valence-corrected chi connectivity index (χ2v) is 6.10. The summed E-state index contributed by atoms with van der Waals surface area (Å²) in [5.41, 5.74) is 2.00. The number of nitrogens with one attached hydrogen (secondary N) is 1. The van der Waals surface area contributed by atoms with Crippen LogP contribution in [-0.2, 0) is 17.8 Å². The van der Waals surface area contributed by atoms with Crippen molar-refractivity contribution in [3.05, 3.63) is 35.4 Å². The van der Waals surface area contributed by atoms with Crippen LogP contribution in [0.5, 0.6) is 0 Å². The summed E-state index contributed by atoms with van der Waals surface area (Å²) in [7, 11) is 0. The minimum Gasteiger partial charge on any atom is -0.481 e. The van der Waals surface area contributed by atoms with E-state index in [2.05, 4.69) is 11.6 Å². The maximum absolute atomic E-state index is 10.8. The maximum atomic E-state index is 10.8. The fourth-order valence-corrected chi connectivity index (χ4v) is 2.84. The molecule has 1 aromatic carbocycles. The van der Waals surface area contributed by atoms with Crippen molar-refractivity contribution in [2.24, 2.45) is 0 Å². The molecule has 0 heterocycles. The van der Waals surface area contributed by atoms with Gasteiger partial charge in [-0.3, -0.25) is 4.79 Å². The Morgan fingerprint density at radius 1 is 1.39 bits per heavy atom. The number of hydrogen-bond acceptors (Lipinski definition) is 3. The average molecular weight is 265 g/mol. The van der Waals surface area contributed by atoms with Gasteiger partial charge in [-0.15, -0.1) is 0 Å². The van der Waals surface area contributed by atoms with Crippen LogP contribution in [0, 0.1) is 0 Å². The highest BCUT2D eigenvalue weighted by molar-refractivity contribution is 8.00. The molecule has 4 heteroatoms. The lowest BCUT2D eigenvalue weighted by molar-refractivity contribution is -0.136. The van der Waals surface area contributed by atoms with Gasteiger partial charge in [-0.05, 0) is 30.2 Å². The van der Waals surface area contributed by atoms with Crippen LogP contribution >= 0.6 is 11.8 Å². The molecule has 0 aromatic heterocycles. The average Bonchev–Trinajstić information content (AvgIpc) is 3.11. The van der Waals surface area contributed by atoms with E-state index in [1.165, 1.54) is 12.8 Å². The zero-order valence-corrected chi connectivity index (χ0v) is 11.4. The molecule has 1 aliphatic rings. The number of carboxylic acids is 1. The number of aliphatic carboxylic acids is 1. The molecule has 2 rings (SSSR count). The Balaban J connectivity index is 1.90. The Kier molecular flexibility index (Phi) is 4.30. The Morgan fingerprint density at radius 2 is 2.06 bits per heavy atom. The Labute approximate surface area is 112 Å². The molecular formula is C14H19NO2S. The molecule has 98 valence electrons. The summed E-state index contributed by atoms with van der Waals surface area (Å²) in [6.07, 6.45) is 4.84. The lowest BCUT2D eigenvalue weighted by Gasteiger charge is -2.14. The summed E-state index contributed by atoms with van der Waals surface area (Å²) >= 11 is 1.93. The largest absolute Gasteiger partial charge is 0.481 e. The van der Waals surface area contributed by atoms with Crippen molar-refractivity contribution >= 4 is 17.7 Å². The third-order valence-corrected chi connectivity index (χ3v) is 4.88. The molecule has 1 fully saturated rings. The number of benzene rings is 1. The van der Waals surface area contributed by atoms with E-state index in [0.29, 0.717) is 4.75 Å². The summed E-state index contributed by atoms with van der Waals surface area (Å²) in [4.78, 5) is 10.8. The molecule has 0 amide bonds. The topological polar surface area (TPSA) is 49.3 Å². The van der Waals surface area contributed by atoms with Gasteiger partial charge in [0.05, 0.1) is 6.42 Å². The molecule has 3 nitrogen and oxygen atoms in total. The summed E-state index contributed by atoms with van der Waals surface area (Å²) < 4.78 is 0.446. The van der Waals surface area contributed by atoms with Crippen LogP contribution in [0.25, 0.3) is 0 Å². The lowest BCUT2D eigenvalue weighted by atomic mass is 10.0. The molecule has 1 saturated carbocycles. The summed E-state index contributed by atoms with van der Waals surface area (Å²) in [5, 5.41) is 12.3. The van der Waals surface area contributed by atoms with Crippen LogP contribution in [-0.4, -0.2) is 28.6 Å². The zero-order chi connectivity index (χ0) is 13.0. The minimum atomic E-state index is -0.773. The number of rotatable bonds is 7. The molecule has 1 aliphatic carbocycles. The van der Waals surface area contributed by atoms with Gasteiger partial charge in [0.2, 0.25) is 0 Å². The molecule has 0 aliphatic heterocycles. The van der Waals surface area contributed by atoms with Crippen LogP contribution in [0.4, 0.5) is 0 Å². The first-order valence-corrected chi connectivity index (χ1v) is 7.42. The van der Waals surface area contributed by atoms with E-state index in [1.807, 2.05) is 36.0 Å². The number of carbonyl (C=O) groups is 1. The molecule has 0 radical (unpaired) electrons. The zero-order valence-electron chi connectivity index (χ0n) is 10.6. The third kappa shape index (κ3) is 3.50. The van der Waals surface area contributed by atoms with Gasteiger partial charge in [0, 0.05) is 17.8 Å². The second kappa shape index (κ2) is 5.76. The van der Waals surface area contributed by atoms with E-state index in [9.17, 15) is 4.79 Å². The molecule has 18 heavy (non-hydrogen) atoms. The van der Waals surface area contributed by atoms with Crippen molar-refractivity contribution < 1.29 is 9.90 Å². The lowest BCUT2D eigenvalue weighted by Crippen LogP contribution is -2.26. The quantitative estimate of drug-likeness (QED) is 0.794. The minimum absolute atomic E-state index is 0.103. The fourth-order valence-electron chi connectivity index (χ4n) is 2.08. The first-order chi connectivity index (χ1) is 8.65. The molecule has 2 N–H and O–H groups in total. The van der Waals surface area contributed by atoms with Crippen molar-refractivity contribution in [3.8, 4) is 0 Å². The van der Waals surface area contributed by atoms with E-state index >= 15 is 0 Å². The normalized spacial score (nSPS) is 16.5. The van der Waals surface area contributed by atoms with Crippen molar-refractivity contribution in [3.63, 3.8) is 0 Å². The number of hydrogen-bond donors (Lipinski definition) is 2. The van der Waals surface area contributed by atoms with E-state index < -0.39 is 5.97 Å². The Bertz CT molecular complexity index is 430. The van der Waals surface area contributed by atoms with Crippen LogP contribution in [0.3, 0.4) is 0 Å². The monoisotopic (exact) mass is 265 g/mol. The fraction of sp³-hybridized carbons (Fsp3) is 0.500. The molecular weight excluding hydrogens is 246 g/mol. The smallest absolute Gasteiger partial charge is 0.307 e. The van der Waals surface area contributed by atoms with Crippen LogP contribution in [0.1, 0.15) is 24.0 Å². The van der Waals surface area contributed by atoms with Crippen molar-refractivity contribution in [2.75, 3.05) is 12.8 Å². The molecule has 0 spiro atoms.